The van der Waals surface area contributed by atoms with Crippen molar-refractivity contribution in [2.45, 2.75) is 45.3 Å². The molecule has 0 aliphatic carbocycles. The first-order valence-corrected chi connectivity index (χ1v) is 8.51. The van der Waals surface area contributed by atoms with Crippen LogP contribution in [-0.4, -0.2) is 70.3 Å². The molecular weight excluding hydrogens is 439 g/mol. The Balaban J connectivity index is 0.00000576. The van der Waals surface area contributed by atoms with Crippen molar-refractivity contribution in [2.24, 2.45) is 4.99 Å². The normalized spacial score (nSPS) is 17.6. The molecule has 1 saturated heterocycles. The fourth-order valence-corrected chi connectivity index (χ4v) is 2.05. The Morgan fingerprint density at radius 2 is 1.88 bits per heavy atom. The Labute approximate surface area is 167 Å². The fraction of sp³-hybridized carbons (Fsp3) is 0.875. The summed E-state index contributed by atoms with van der Waals surface area (Å²) in [7, 11) is 1.71. The van der Waals surface area contributed by atoms with E-state index in [4.69, 9.17) is 14.2 Å². The number of alkyl carbamates (subject to hydrolysis) is 1. The van der Waals surface area contributed by atoms with Gasteiger partial charge in [-0.15, -0.1) is 24.0 Å². The van der Waals surface area contributed by atoms with Crippen molar-refractivity contribution >= 4 is 36.0 Å². The standard InChI is InChI=1S/C16H32N4O4.HI/c1-16(2,3)24-15(21)20-9-8-19-14(17-4)18-7-5-10-23-13-6-11-22-12-13;/h13H,5-12H2,1-4H3,(H,20,21)(H2,17,18,19);1H. The third kappa shape index (κ3) is 13.1. The van der Waals surface area contributed by atoms with Crippen molar-refractivity contribution in [3.8, 4) is 0 Å². The summed E-state index contributed by atoms with van der Waals surface area (Å²) in [5, 5.41) is 9.02. The van der Waals surface area contributed by atoms with Crippen LogP contribution in [0.4, 0.5) is 4.79 Å². The average molecular weight is 472 g/mol. The molecule has 0 aromatic rings. The molecule has 0 aromatic heterocycles. The van der Waals surface area contributed by atoms with E-state index in [9.17, 15) is 4.79 Å². The maximum atomic E-state index is 11.5. The molecule has 0 aromatic carbocycles. The van der Waals surface area contributed by atoms with Crippen LogP contribution in [0, 0.1) is 0 Å². The summed E-state index contributed by atoms with van der Waals surface area (Å²) in [5.74, 6) is 0.699. The summed E-state index contributed by atoms with van der Waals surface area (Å²) in [6, 6.07) is 0. The highest BCUT2D eigenvalue weighted by Gasteiger charge is 2.16. The molecule has 8 nitrogen and oxygen atoms in total. The van der Waals surface area contributed by atoms with Gasteiger partial charge >= 0.3 is 6.09 Å². The van der Waals surface area contributed by atoms with Crippen molar-refractivity contribution in [2.75, 3.05) is 46.5 Å². The molecule has 0 radical (unpaired) electrons. The molecule has 1 aliphatic rings. The van der Waals surface area contributed by atoms with E-state index in [-0.39, 0.29) is 30.1 Å². The van der Waals surface area contributed by atoms with Gasteiger partial charge in [0.1, 0.15) is 5.60 Å². The Morgan fingerprint density at radius 3 is 2.48 bits per heavy atom. The molecule has 0 spiro atoms. The number of carbonyl (C=O) groups excluding carboxylic acids is 1. The van der Waals surface area contributed by atoms with Crippen LogP contribution in [0.15, 0.2) is 4.99 Å². The summed E-state index contributed by atoms with van der Waals surface area (Å²) in [4.78, 5) is 15.6. The second kappa shape index (κ2) is 13.4. The molecule has 25 heavy (non-hydrogen) atoms. The van der Waals surface area contributed by atoms with Gasteiger partial charge in [0.05, 0.1) is 12.7 Å². The Hall–Kier alpha value is -0.810. The number of guanidine groups is 1. The molecule has 0 saturated carbocycles. The lowest BCUT2D eigenvalue weighted by Gasteiger charge is -2.20. The maximum Gasteiger partial charge on any atom is 0.407 e. The highest BCUT2D eigenvalue weighted by Crippen LogP contribution is 2.08. The van der Waals surface area contributed by atoms with Gasteiger partial charge in [0.2, 0.25) is 0 Å². The van der Waals surface area contributed by atoms with Gasteiger partial charge in [-0.05, 0) is 33.6 Å². The second-order valence-corrected chi connectivity index (χ2v) is 6.56. The van der Waals surface area contributed by atoms with Gasteiger partial charge in [0.15, 0.2) is 5.96 Å². The molecule has 1 unspecified atom stereocenters. The molecule has 1 fully saturated rings. The lowest BCUT2D eigenvalue weighted by atomic mass is 10.2. The quantitative estimate of drug-likeness (QED) is 0.215. The Kier molecular flexibility index (Phi) is 13.0. The number of rotatable bonds is 8. The maximum absolute atomic E-state index is 11.5. The zero-order chi connectivity index (χ0) is 17.8. The molecule has 3 N–H and O–H groups in total. The molecule has 1 amide bonds. The molecule has 1 aliphatic heterocycles. The highest BCUT2D eigenvalue weighted by atomic mass is 127. The minimum atomic E-state index is -0.484. The van der Waals surface area contributed by atoms with Crippen molar-refractivity contribution in [1.29, 1.82) is 0 Å². The number of nitrogens with zero attached hydrogens (tertiary/aromatic N) is 1. The molecule has 9 heteroatoms. The lowest BCUT2D eigenvalue weighted by molar-refractivity contribution is 0.0419. The number of amides is 1. The molecule has 1 rings (SSSR count). The van der Waals surface area contributed by atoms with Crippen LogP contribution in [0.1, 0.15) is 33.6 Å². The first-order valence-electron chi connectivity index (χ1n) is 8.51. The average Bonchev–Trinajstić information content (AvgIpc) is 3.00. The second-order valence-electron chi connectivity index (χ2n) is 6.56. The van der Waals surface area contributed by atoms with E-state index in [0.717, 1.165) is 26.0 Å². The molecule has 148 valence electrons. The zero-order valence-electron chi connectivity index (χ0n) is 15.7. The van der Waals surface area contributed by atoms with Crippen LogP contribution < -0.4 is 16.0 Å². The SMILES string of the molecule is CN=C(NCCCOC1CCOC1)NCCNC(=O)OC(C)(C)C.I. The third-order valence-corrected chi connectivity index (χ3v) is 3.16. The van der Waals surface area contributed by atoms with E-state index in [1.54, 1.807) is 7.05 Å². The largest absolute Gasteiger partial charge is 0.444 e. The first kappa shape index (κ1) is 24.2. The summed E-state index contributed by atoms with van der Waals surface area (Å²) >= 11 is 0. The van der Waals surface area contributed by atoms with E-state index in [1.165, 1.54) is 0 Å². The number of ether oxygens (including phenoxy) is 3. The zero-order valence-corrected chi connectivity index (χ0v) is 18.1. The van der Waals surface area contributed by atoms with E-state index >= 15 is 0 Å². The van der Waals surface area contributed by atoms with Crippen LogP contribution in [0.5, 0.6) is 0 Å². The van der Waals surface area contributed by atoms with Gasteiger partial charge in [-0.3, -0.25) is 4.99 Å². The van der Waals surface area contributed by atoms with E-state index in [1.807, 2.05) is 20.8 Å². The predicted octanol–water partition coefficient (Wildman–Crippen LogP) is 1.49. The highest BCUT2D eigenvalue weighted by molar-refractivity contribution is 14.0. The van der Waals surface area contributed by atoms with Crippen LogP contribution >= 0.6 is 24.0 Å². The van der Waals surface area contributed by atoms with Gasteiger partial charge in [-0.25, -0.2) is 4.79 Å². The number of hydrogen-bond donors (Lipinski definition) is 3. The summed E-state index contributed by atoms with van der Waals surface area (Å²) in [5.41, 5.74) is -0.484. The van der Waals surface area contributed by atoms with Crippen LogP contribution in [0.3, 0.4) is 0 Å². The molecule has 0 bridgehead atoms. The summed E-state index contributed by atoms with van der Waals surface area (Å²) < 4.78 is 16.1. The number of halogens is 1. The van der Waals surface area contributed by atoms with Crippen molar-refractivity contribution in [3.63, 3.8) is 0 Å². The molecular formula is C16H33IN4O4. The number of carbonyl (C=O) groups is 1. The summed E-state index contributed by atoms with van der Waals surface area (Å²) in [6.07, 6.45) is 1.72. The number of hydrogen-bond acceptors (Lipinski definition) is 5. The van der Waals surface area contributed by atoms with E-state index < -0.39 is 11.7 Å². The van der Waals surface area contributed by atoms with E-state index in [0.29, 0.717) is 32.3 Å². The van der Waals surface area contributed by atoms with Crippen LogP contribution in [0.25, 0.3) is 0 Å². The minimum absolute atomic E-state index is 0. The van der Waals surface area contributed by atoms with E-state index in [2.05, 4.69) is 20.9 Å². The predicted molar refractivity (Wildman–Crippen MR) is 109 cm³/mol. The monoisotopic (exact) mass is 472 g/mol. The topological polar surface area (TPSA) is 93.2 Å². The number of nitrogens with one attached hydrogen (secondary N) is 3. The van der Waals surface area contributed by atoms with Gasteiger partial charge in [0, 0.05) is 39.9 Å². The van der Waals surface area contributed by atoms with Gasteiger partial charge < -0.3 is 30.2 Å². The van der Waals surface area contributed by atoms with Gasteiger partial charge in [-0.1, -0.05) is 0 Å². The number of aliphatic imine (C=N–C) groups is 1. The lowest BCUT2D eigenvalue weighted by Crippen LogP contribution is -2.42. The fourth-order valence-electron chi connectivity index (χ4n) is 2.05. The Morgan fingerprint density at radius 1 is 1.20 bits per heavy atom. The minimum Gasteiger partial charge on any atom is -0.444 e. The van der Waals surface area contributed by atoms with Crippen molar-refractivity contribution < 1.29 is 19.0 Å². The molecule has 1 heterocycles. The summed E-state index contributed by atoms with van der Waals surface area (Å²) in [6.45, 7) is 9.51. The van der Waals surface area contributed by atoms with Gasteiger partial charge in [0.25, 0.3) is 0 Å². The molecule has 1 atom stereocenters. The van der Waals surface area contributed by atoms with Crippen LogP contribution in [-0.2, 0) is 14.2 Å². The van der Waals surface area contributed by atoms with Crippen molar-refractivity contribution in [3.05, 3.63) is 0 Å². The Bertz CT molecular complexity index is 396. The first-order chi connectivity index (χ1) is 11.4. The third-order valence-electron chi connectivity index (χ3n) is 3.16. The van der Waals surface area contributed by atoms with Crippen LogP contribution in [0.2, 0.25) is 0 Å². The van der Waals surface area contributed by atoms with Crippen molar-refractivity contribution in [1.82, 2.24) is 16.0 Å². The van der Waals surface area contributed by atoms with Gasteiger partial charge in [-0.2, -0.15) is 0 Å². The smallest absolute Gasteiger partial charge is 0.407 e.